The van der Waals surface area contributed by atoms with Gasteiger partial charge in [0.2, 0.25) is 0 Å². The molecule has 0 aliphatic carbocycles. The molecule has 18 heavy (non-hydrogen) atoms. The highest BCUT2D eigenvalue weighted by Crippen LogP contribution is 2.10. The van der Waals surface area contributed by atoms with Gasteiger partial charge >= 0.3 is 11.7 Å². The van der Waals surface area contributed by atoms with E-state index in [2.05, 4.69) is 0 Å². The minimum absolute atomic E-state index is 0.0300. The third-order valence-electron chi connectivity index (χ3n) is 2.82. The molecule has 0 spiro atoms. The average molecular weight is 246 g/mol. The summed E-state index contributed by atoms with van der Waals surface area (Å²) in [6, 6.07) is 7.26. The lowest BCUT2D eigenvalue weighted by Crippen LogP contribution is -2.22. The van der Waals surface area contributed by atoms with Crippen molar-refractivity contribution in [3.8, 4) is 0 Å². The first kappa shape index (κ1) is 12.2. The van der Waals surface area contributed by atoms with Crippen LogP contribution in [0.15, 0.2) is 41.5 Å². The van der Waals surface area contributed by atoms with E-state index in [9.17, 15) is 9.59 Å². The van der Waals surface area contributed by atoms with E-state index >= 15 is 0 Å². The van der Waals surface area contributed by atoms with Crippen LogP contribution in [0.1, 0.15) is 11.1 Å². The Morgan fingerprint density at radius 3 is 2.44 bits per heavy atom. The Labute approximate surface area is 104 Å². The molecule has 1 heterocycles. The summed E-state index contributed by atoms with van der Waals surface area (Å²) in [6.45, 7) is 0.392. The fourth-order valence-electron chi connectivity index (χ4n) is 1.86. The van der Waals surface area contributed by atoms with E-state index in [-0.39, 0.29) is 12.1 Å². The number of nitrogens with zero attached hydrogens (tertiary/aromatic N) is 2. The molecule has 0 atom stereocenters. The van der Waals surface area contributed by atoms with Crippen molar-refractivity contribution in [2.75, 3.05) is 0 Å². The molecule has 0 saturated carbocycles. The van der Waals surface area contributed by atoms with Crippen LogP contribution in [0.5, 0.6) is 0 Å². The first-order valence-corrected chi connectivity index (χ1v) is 5.58. The minimum Gasteiger partial charge on any atom is -0.481 e. The summed E-state index contributed by atoms with van der Waals surface area (Å²) in [5.74, 6) is -0.872. The molecule has 5 nitrogen and oxygen atoms in total. The van der Waals surface area contributed by atoms with Crippen molar-refractivity contribution >= 4 is 5.97 Å². The van der Waals surface area contributed by atoms with Gasteiger partial charge in [-0.15, -0.1) is 0 Å². The molecule has 0 unspecified atom stereocenters. The molecular formula is C13H14N2O3. The van der Waals surface area contributed by atoms with Crippen LogP contribution in [-0.2, 0) is 24.8 Å². The van der Waals surface area contributed by atoms with Gasteiger partial charge in [0.1, 0.15) is 0 Å². The maximum atomic E-state index is 11.7. The molecule has 0 aliphatic heterocycles. The van der Waals surface area contributed by atoms with E-state index in [1.807, 2.05) is 12.1 Å². The van der Waals surface area contributed by atoms with Crippen LogP contribution in [0.4, 0.5) is 0 Å². The Hall–Kier alpha value is -2.30. The van der Waals surface area contributed by atoms with Crippen molar-refractivity contribution in [1.82, 2.24) is 9.13 Å². The Morgan fingerprint density at radius 1 is 1.22 bits per heavy atom. The zero-order chi connectivity index (χ0) is 13.1. The van der Waals surface area contributed by atoms with Gasteiger partial charge in [0.25, 0.3) is 0 Å². The predicted molar refractivity (Wildman–Crippen MR) is 66.6 cm³/mol. The highest BCUT2D eigenvalue weighted by Gasteiger charge is 2.08. The van der Waals surface area contributed by atoms with E-state index in [4.69, 9.17) is 5.11 Å². The first-order chi connectivity index (χ1) is 8.58. The monoisotopic (exact) mass is 246 g/mol. The van der Waals surface area contributed by atoms with Crippen LogP contribution >= 0.6 is 0 Å². The molecule has 0 fully saturated rings. The number of carboxylic acid groups (broad SMARTS) is 1. The van der Waals surface area contributed by atoms with Gasteiger partial charge in [-0.1, -0.05) is 24.3 Å². The predicted octanol–water partition coefficient (Wildman–Crippen LogP) is 0.862. The fraction of sp³-hybridized carbons (Fsp3) is 0.231. The van der Waals surface area contributed by atoms with E-state index in [1.54, 1.807) is 36.1 Å². The third kappa shape index (κ3) is 2.51. The minimum atomic E-state index is -0.872. The molecule has 0 amide bonds. The highest BCUT2D eigenvalue weighted by atomic mass is 16.4. The van der Waals surface area contributed by atoms with E-state index in [1.165, 1.54) is 4.57 Å². The van der Waals surface area contributed by atoms with E-state index in [0.29, 0.717) is 6.54 Å². The molecule has 0 radical (unpaired) electrons. The second-order valence-electron chi connectivity index (χ2n) is 4.16. The zero-order valence-corrected chi connectivity index (χ0v) is 10.0. The largest absolute Gasteiger partial charge is 0.481 e. The normalized spacial score (nSPS) is 10.5. The Bertz CT molecular complexity index is 625. The number of hydrogen-bond donors (Lipinski definition) is 1. The summed E-state index contributed by atoms with van der Waals surface area (Å²) in [5.41, 5.74) is 1.48. The maximum absolute atomic E-state index is 11.7. The smallest absolute Gasteiger partial charge is 0.328 e. The van der Waals surface area contributed by atoms with Gasteiger partial charge in [-0.05, 0) is 11.1 Å². The number of aromatic nitrogens is 2. The number of aliphatic carboxylic acids is 1. The maximum Gasteiger partial charge on any atom is 0.328 e. The molecule has 2 rings (SSSR count). The van der Waals surface area contributed by atoms with Crippen LogP contribution in [0, 0.1) is 0 Å². The van der Waals surface area contributed by atoms with Crippen molar-refractivity contribution in [1.29, 1.82) is 0 Å². The molecular weight excluding hydrogens is 232 g/mol. The van der Waals surface area contributed by atoms with Gasteiger partial charge in [-0.3, -0.25) is 9.36 Å². The van der Waals surface area contributed by atoms with Crippen molar-refractivity contribution in [3.05, 3.63) is 58.3 Å². The van der Waals surface area contributed by atoms with Crippen LogP contribution in [0.2, 0.25) is 0 Å². The van der Waals surface area contributed by atoms with Gasteiger partial charge in [-0.25, -0.2) is 4.79 Å². The number of carboxylic acids is 1. The van der Waals surface area contributed by atoms with Crippen LogP contribution in [0.3, 0.4) is 0 Å². The summed E-state index contributed by atoms with van der Waals surface area (Å²) in [6.07, 6.45) is 3.35. The standard InChI is InChI=1S/C13H14N2O3/c1-14-6-7-15(13(14)18)9-11-5-3-2-4-10(11)8-12(16)17/h2-7H,8-9H2,1H3,(H,16,17). The van der Waals surface area contributed by atoms with E-state index in [0.717, 1.165) is 11.1 Å². The molecule has 5 heteroatoms. The quantitative estimate of drug-likeness (QED) is 0.870. The first-order valence-electron chi connectivity index (χ1n) is 5.58. The molecule has 0 bridgehead atoms. The fourth-order valence-corrected chi connectivity index (χ4v) is 1.86. The van der Waals surface area contributed by atoms with Crippen LogP contribution in [-0.4, -0.2) is 20.2 Å². The number of imidazole rings is 1. The highest BCUT2D eigenvalue weighted by molar-refractivity contribution is 5.70. The molecule has 94 valence electrons. The summed E-state index contributed by atoms with van der Waals surface area (Å²) in [4.78, 5) is 22.5. The van der Waals surface area contributed by atoms with Crippen LogP contribution in [0.25, 0.3) is 0 Å². The molecule has 1 N–H and O–H groups in total. The summed E-state index contributed by atoms with van der Waals surface area (Å²) in [7, 11) is 1.68. The average Bonchev–Trinajstić information content (AvgIpc) is 2.63. The van der Waals surface area contributed by atoms with Gasteiger partial charge in [-0.2, -0.15) is 0 Å². The van der Waals surface area contributed by atoms with Crippen molar-refractivity contribution in [2.45, 2.75) is 13.0 Å². The van der Waals surface area contributed by atoms with Gasteiger partial charge < -0.3 is 9.67 Å². The summed E-state index contributed by atoms with van der Waals surface area (Å²) >= 11 is 0. The molecule has 0 saturated heterocycles. The Kier molecular flexibility index (Phi) is 3.32. The molecule has 2 aromatic rings. The third-order valence-corrected chi connectivity index (χ3v) is 2.82. The summed E-state index contributed by atoms with van der Waals surface area (Å²) in [5, 5.41) is 8.84. The second kappa shape index (κ2) is 4.91. The van der Waals surface area contributed by atoms with Gasteiger partial charge in [0, 0.05) is 19.4 Å². The SMILES string of the molecule is Cn1ccn(Cc2ccccc2CC(=O)O)c1=O. The summed E-state index contributed by atoms with van der Waals surface area (Å²) < 4.78 is 3.04. The van der Waals surface area contributed by atoms with E-state index < -0.39 is 5.97 Å². The van der Waals surface area contributed by atoms with Gasteiger partial charge in [0.05, 0.1) is 13.0 Å². The van der Waals surface area contributed by atoms with Crippen molar-refractivity contribution < 1.29 is 9.90 Å². The van der Waals surface area contributed by atoms with Crippen molar-refractivity contribution in [2.24, 2.45) is 7.05 Å². The number of carbonyl (C=O) groups is 1. The Balaban J connectivity index is 2.31. The van der Waals surface area contributed by atoms with Crippen LogP contribution < -0.4 is 5.69 Å². The second-order valence-corrected chi connectivity index (χ2v) is 4.16. The van der Waals surface area contributed by atoms with Crippen molar-refractivity contribution in [3.63, 3.8) is 0 Å². The topological polar surface area (TPSA) is 64.2 Å². The molecule has 1 aromatic heterocycles. The molecule has 0 aliphatic rings. The lowest BCUT2D eigenvalue weighted by molar-refractivity contribution is -0.136. The number of benzene rings is 1. The zero-order valence-electron chi connectivity index (χ0n) is 10.0. The Morgan fingerprint density at radius 2 is 1.89 bits per heavy atom. The number of rotatable bonds is 4. The lowest BCUT2D eigenvalue weighted by Gasteiger charge is -2.07. The lowest BCUT2D eigenvalue weighted by atomic mass is 10.0. The molecule has 1 aromatic carbocycles. The van der Waals surface area contributed by atoms with Gasteiger partial charge in [0.15, 0.2) is 0 Å². The number of hydrogen-bond acceptors (Lipinski definition) is 2. The number of aryl methyl sites for hydroxylation is 1.